The van der Waals surface area contributed by atoms with E-state index in [1.165, 1.54) is 4.90 Å². The van der Waals surface area contributed by atoms with Crippen LogP contribution in [0.3, 0.4) is 0 Å². The number of carbonyl (C=O) groups excluding carboxylic acids is 2. The van der Waals surface area contributed by atoms with Gasteiger partial charge in [0.15, 0.2) is 0 Å². The van der Waals surface area contributed by atoms with Crippen molar-refractivity contribution in [2.24, 2.45) is 5.41 Å². The van der Waals surface area contributed by atoms with E-state index in [-0.39, 0.29) is 25.0 Å². The van der Waals surface area contributed by atoms with Gasteiger partial charge in [0, 0.05) is 26.7 Å². The molecular weight excluding hydrogens is 250 g/mol. The topological polar surface area (TPSA) is 89.9 Å². The number of nitrogens with one attached hydrogen (secondary N) is 1. The van der Waals surface area contributed by atoms with E-state index in [9.17, 15) is 14.4 Å². The summed E-state index contributed by atoms with van der Waals surface area (Å²) in [5.41, 5.74) is -0.799. The van der Waals surface area contributed by atoms with E-state index in [1.807, 2.05) is 0 Å². The Morgan fingerprint density at radius 1 is 1.37 bits per heavy atom. The first-order valence-electron chi connectivity index (χ1n) is 6.45. The summed E-state index contributed by atoms with van der Waals surface area (Å²) in [6, 6.07) is -0.353. The largest absolute Gasteiger partial charge is 0.481 e. The van der Waals surface area contributed by atoms with Crippen LogP contribution >= 0.6 is 0 Å². The van der Waals surface area contributed by atoms with Gasteiger partial charge in [-0.1, -0.05) is 6.42 Å². The first-order valence-corrected chi connectivity index (χ1v) is 6.45. The van der Waals surface area contributed by atoms with Crippen LogP contribution in [-0.2, 0) is 9.59 Å². The SMILES string of the molecule is CN1CCN(C(=O)NCC2(C(=O)O)CCC2)CC1=O. The fraction of sp³-hybridized carbons (Fsp3) is 0.750. The third kappa shape index (κ3) is 2.64. The molecule has 0 aromatic carbocycles. The van der Waals surface area contributed by atoms with E-state index in [0.29, 0.717) is 25.9 Å². The minimum absolute atomic E-state index is 0.0579. The van der Waals surface area contributed by atoms with Gasteiger partial charge in [0.25, 0.3) is 0 Å². The van der Waals surface area contributed by atoms with E-state index < -0.39 is 11.4 Å². The normalized spacial score (nSPS) is 21.8. The summed E-state index contributed by atoms with van der Waals surface area (Å²) < 4.78 is 0. The predicted octanol–water partition coefficient (Wildman–Crippen LogP) is -0.275. The lowest BCUT2D eigenvalue weighted by molar-refractivity contribution is -0.154. The molecule has 0 spiro atoms. The molecule has 19 heavy (non-hydrogen) atoms. The Hall–Kier alpha value is -1.79. The predicted molar refractivity (Wildman–Crippen MR) is 66.5 cm³/mol. The van der Waals surface area contributed by atoms with Gasteiger partial charge in [-0.2, -0.15) is 0 Å². The number of carboxylic acids is 1. The third-order valence-corrected chi connectivity index (χ3v) is 4.09. The summed E-state index contributed by atoms with van der Waals surface area (Å²) in [5.74, 6) is -0.952. The van der Waals surface area contributed by atoms with Crippen LogP contribution in [0.15, 0.2) is 0 Å². The molecule has 2 aliphatic rings. The maximum absolute atomic E-state index is 11.9. The maximum atomic E-state index is 11.9. The third-order valence-electron chi connectivity index (χ3n) is 4.09. The molecule has 7 nitrogen and oxygen atoms in total. The second-order valence-corrected chi connectivity index (χ2v) is 5.33. The van der Waals surface area contributed by atoms with Crippen molar-refractivity contribution in [2.75, 3.05) is 33.2 Å². The van der Waals surface area contributed by atoms with Crippen molar-refractivity contribution < 1.29 is 19.5 Å². The highest BCUT2D eigenvalue weighted by molar-refractivity contribution is 5.85. The van der Waals surface area contributed by atoms with Crippen molar-refractivity contribution >= 4 is 17.9 Å². The minimum Gasteiger partial charge on any atom is -0.481 e. The fourth-order valence-electron chi connectivity index (χ4n) is 2.36. The van der Waals surface area contributed by atoms with E-state index in [1.54, 1.807) is 11.9 Å². The minimum atomic E-state index is -0.853. The molecule has 0 radical (unpaired) electrons. The Morgan fingerprint density at radius 2 is 2.05 bits per heavy atom. The van der Waals surface area contributed by atoms with Crippen molar-refractivity contribution in [3.63, 3.8) is 0 Å². The number of urea groups is 1. The molecule has 0 aromatic heterocycles. The van der Waals surface area contributed by atoms with Gasteiger partial charge >= 0.3 is 12.0 Å². The van der Waals surface area contributed by atoms with E-state index in [4.69, 9.17) is 5.11 Å². The molecule has 7 heteroatoms. The number of carboxylic acid groups (broad SMARTS) is 1. The summed E-state index contributed by atoms with van der Waals surface area (Å²) in [7, 11) is 1.70. The van der Waals surface area contributed by atoms with Crippen LogP contribution in [0.2, 0.25) is 0 Å². The van der Waals surface area contributed by atoms with Gasteiger partial charge in [0.1, 0.15) is 6.54 Å². The lowest BCUT2D eigenvalue weighted by Gasteiger charge is -2.38. The van der Waals surface area contributed by atoms with Crippen molar-refractivity contribution in [1.82, 2.24) is 15.1 Å². The van der Waals surface area contributed by atoms with E-state index in [0.717, 1.165) is 6.42 Å². The lowest BCUT2D eigenvalue weighted by Crippen LogP contribution is -2.56. The quantitative estimate of drug-likeness (QED) is 0.737. The molecule has 1 aliphatic heterocycles. The highest BCUT2D eigenvalue weighted by Crippen LogP contribution is 2.40. The molecule has 3 amide bonds. The Balaban J connectivity index is 1.85. The first-order chi connectivity index (χ1) is 8.94. The van der Waals surface area contributed by atoms with E-state index in [2.05, 4.69) is 5.32 Å². The zero-order valence-corrected chi connectivity index (χ0v) is 11.0. The van der Waals surface area contributed by atoms with Crippen LogP contribution in [0, 0.1) is 5.41 Å². The average molecular weight is 269 g/mol. The van der Waals surface area contributed by atoms with Crippen LogP contribution in [-0.4, -0.2) is 66.0 Å². The van der Waals surface area contributed by atoms with Crippen LogP contribution < -0.4 is 5.32 Å². The number of aliphatic carboxylic acids is 1. The zero-order valence-electron chi connectivity index (χ0n) is 11.0. The average Bonchev–Trinajstić information content (AvgIpc) is 2.30. The van der Waals surface area contributed by atoms with Crippen LogP contribution in [0.1, 0.15) is 19.3 Å². The van der Waals surface area contributed by atoms with Gasteiger partial charge in [-0.05, 0) is 12.8 Å². The van der Waals surface area contributed by atoms with Crippen molar-refractivity contribution in [2.45, 2.75) is 19.3 Å². The number of nitrogens with zero attached hydrogens (tertiary/aromatic N) is 2. The highest BCUT2D eigenvalue weighted by atomic mass is 16.4. The Morgan fingerprint density at radius 3 is 2.53 bits per heavy atom. The van der Waals surface area contributed by atoms with Crippen molar-refractivity contribution in [1.29, 1.82) is 0 Å². The number of likely N-dealkylation sites (N-methyl/N-ethyl adjacent to an activating group) is 1. The molecule has 2 rings (SSSR count). The summed E-state index contributed by atoms with van der Waals surface area (Å²) in [5, 5.41) is 11.8. The van der Waals surface area contributed by atoms with Crippen molar-refractivity contribution in [3.8, 4) is 0 Å². The summed E-state index contributed by atoms with van der Waals surface area (Å²) in [6.45, 7) is 1.19. The Bertz CT molecular complexity index is 406. The number of amides is 3. The van der Waals surface area contributed by atoms with Gasteiger partial charge in [0.2, 0.25) is 5.91 Å². The summed E-state index contributed by atoms with van der Waals surface area (Å²) in [6.07, 6.45) is 2.09. The fourth-order valence-corrected chi connectivity index (χ4v) is 2.36. The lowest BCUT2D eigenvalue weighted by atomic mass is 9.69. The first kappa shape index (κ1) is 13.6. The Labute approximate surface area is 111 Å². The molecule has 1 saturated carbocycles. The number of piperazine rings is 1. The van der Waals surface area contributed by atoms with Gasteiger partial charge in [-0.3, -0.25) is 9.59 Å². The van der Waals surface area contributed by atoms with Gasteiger partial charge < -0.3 is 20.2 Å². The number of carbonyl (C=O) groups is 3. The molecule has 2 N–H and O–H groups in total. The number of hydrogen-bond acceptors (Lipinski definition) is 3. The molecule has 0 bridgehead atoms. The van der Waals surface area contributed by atoms with Gasteiger partial charge in [-0.25, -0.2) is 4.79 Å². The highest BCUT2D eigenvalue weighted by Gasteiger charge is 2.44. The number of hydrogen-bond donors (Lipinski definition) is 2. The molecule has 1 aliphatic carbocycles. The standard InChI is InChI=1S/C12H19N3O4/c1-14-5-6-15(7-9(14)16)11(19)13-8-12(10(17)18)3-2-4-12/h2-8H2,1H3,(H,13,19)(H,17,18). The second kappa shape index (κ2) is 5.07. The summed E-state index contributed by atoms with van der Waals surface area (Å²) in [4.78, 5) is 37.6. The molecule has 1 heterocycles. The molecular formula is C12H19N3O4. The molecule has 2 fully saturated rings. The van der Waals surface area contributed by atoms with Crippen molar-refractivity contribution in [3.05, 3.63) is 0 Å². The van der Waals surface area contributed by atoms with E-state index >= 15 is 0 Å². The molecule has 1 saturated heterocycles. The van der Waals surface area contributed by atoms with Crippen LogP contribution in [0.25, 0.3) is 0 Å². The second-order valence-electron chi connectivity index (χ2n) is 5.33. The zero-order chi connectivity index (χ0) is 14.0. The maximum Gasteiger partial charge on any atom is 0.317 e. The van der Waals surface area contributed by atoms with Crippen LogP contribution in [0.4, 0.5) is 4.79 Å². The molecule has 0 atom stereocenters. The number of rotatable bonds is 3. The van der Waals surface area contributed by atoms with Crippen LogP contribution in [0.5, 0.6) is 0 Å². The summed E-state index contributed by atoms with van der Waals surface area (Å²) >= 11 is 0. The molecule has 0 aromatic rings. The smallest absolute Gasteiger partial charge is 0.317 e. The van der Waals surface area contributed by atoms with Gasteiger partial charge in [0.05, 0.1) is 5.41 Å². The van der Waals surface area contributed by atoms with Gasteiger partial charge in [-0.15, -0.1) is 0 Å². The molecule has 106 valence electrons. The Kier molecular flexibility index (Phi) is 3.64. The monoisotopic (exact) mass is 269 g/mol. The molecule has 0 unspecified atom stereocenters.